The lowest BCUT2D eigenvalue weighted by molar-refractivity contribution is -0.177. The average molecular weight is 329 g/mol. The predicted octanol–water partition coefficient (Wildman–Crippen LogP) is 3.27. The van der Waals surface area contributed by atoms with Gasteiger partial charge >= 0.3 is 6.18 Å². The van der Waals surface area contributed by atoms with Gasteiger partial charge in [-0.05, 0) is 30.5 Å². The van der Waals surface area contributed by atoms with E-state index in [-0.39, 0.29) is 28.8 Å². The van der Waals surface area contributed by atoms with Crippen molar-refractivity contribution in [3.8, 4) is 11.8 Å². The van der Waals surface area contributed by atoms with Gasteiger partial charge in [-0.1, -0.05) is 23.4 Å². The number of rotatable bonds is 1. The number of alkyl halides is 3. The zero-order chi connectivity index (χ0) is 16.0. The molecule has 0 saturated heterocycles. The van der Waals surface area contributed by atoms with Gasteiger partial charge in [0.15, 0.2) is 0 Å². The van der Waals surface area contributed by atoms with Crippen molar-refractivity contribution in [2.45, 2.75) is 31.2 Å². The van der Waals surface area contributed by atoms with E-state index in [2.05, 4.69) is 22.2 Å². The molecule has 1 saturated carbocycles. The highest BCUT2D eigenvalue weighted by Crippen LogP contribution is 2.46. The number of benzene rings is 1. The molecule has 1 aliphatic carbocycles. The fourth-order valence-electron chi connectivity index (χ4n) is 2.26. The first-order valence-electron chi connectivity index (χ1n) is 6.71. The Labute approximate surface area is 130 Å². The molecule has 0 aromatic heterocycles. The summed E-state index contributed by atoms with van der Waals surface area (Å²) in [6.45, 7) is -0.373. The Morgan fingerprint density at radius 1 is 1.41 bits per heavy atom. The van der Waals surface area contributed by atoms with E-state index < -0.39 is 11.7 Å². The number of aliphatic hydroxyl groups is 1. The van der Waals surface area contributed by atoms with Crippen LogP contribution in [0.25, 0.3) is 0 Å². The molecule has 7 heteroatoms. The second-order valence-electron chi connectivity index (χ2n) is 5.31. The van der Waals surface area contributed by atoms with Crippen LogP contribution in [0.2, 0.25) is 5.02 Å². The first kappa shape index (κ1) is 15.2. The molecule has 1 aliphatic heterocycles. The van der Waals surface area contributed by atoms with E-state index in [1.54, 1.807) is 0 Å². The van der Waals surface area contributed by atoms with Crippen LogP contribution >= 0.6 is 11.6 Å². The van der Waals surface area contributed by atoms with Crippen molar-refractivity contribution in [2.75, 3.05) is 0 Å². The van der Waals surface area contributed by atoms with Gasteiger partial charge in [0.05, 0.1) is 18.6 Å². The smallest absolute Gasteiger partial charge is 0.392 e. The Hall–Kier alpha value is -1.71. The standard InChI is InChI=1S/C15H12ClF3N2O/c16-12-6-11-13(5-10(12)7-22)20-8-21-14(11,15(17,18)19)4-3-9-1-2-9/h5-6,8-9,22H,1-2,7H2,(H,20,21)/t14-/m0/s1. The molecule has 0 radical (unpaired) electrons. The number of aliphatic imine (C=N–C) groups is 1. The Balaban J connectivity index is 2.20. The summed E-state index contributed by atoms with van der Waals surface area (Å²) in [5.74, 6) is 5.06. The summed E-state index contributed by atoms with van der Waals surface area (Å²) in [5, 5.41) is 11.5. The van der Waals surface area contributed by atoms with Crippen molar-refractivity contribution in [2.24, 2.45) is 10.9 Å². The summed E-state index contributed by atoms with van der Waals surface area (Å²) in [7, 11) is 0. The normalized spacial score (nSPS) is 23.3. The van der Waals surface area contributed by atoms with Crippen LogP contribution in [0.1, 0.15) is 24.0 Å². The number of halogens is 4. The minimum atomic E-state index is -4.64. The van der Waals surface area contributed by atoms with Crippen LogP contribution in [-0.2, 0) is 12.1 Å². The molecular weight excluding hydrogens is 317 g/mol. The first-order valence-corrected chi connectivity index (χ1v) is 7.08. The van der Waals surface area contributed by atoms with Gasteiger partial charge in [-0.15, -0.1) is 0 Å². The second kappa shape index (κ2) is 5.18. The average Bonchev–Trinajstić information content (AvgIpc) is 3.27. The Kier molecular flexibility index (Phi) is 3.58. The molecule has 3 nitrogen and oxygen atoms in total. The zero-order valence-electron chi connectivity index (χ0n) is 11.3. The zero-order valence-corrected chi connectivity index (χ0v) is 12.1. The summed E-state index contributed by atoms with van der Waals surface area (Å²) >= 11 is 5.96. The largest absolute Gasteiger partial charge is 0.427 e. The second-order valence-corrected chi connectivity index (χ2v) is 5.72. The SMILES string of the molecule is OCc1cc2c(cc1Cl)[C@@](C#CC1CC1)(C(F)(F)F)NC=N2. The predicted molar refractivity (Wildman–Crippen MR) is 76.9 cm³/mol. The van der Waals surface area contributed by atoms with Crippen LogP contribution in [0, 0.1) is 17.8 Å². The van der Waals surface area contributed by atoms with E-state index in [1.165, 1.54) is 12.1 Å². The van der Waals surface area contributed by atoms with Crippen LogP contribution in [0.3, 0.4) is 0 Å². The number of hydrogen-bond donors (Lipinski definition) is 2. The van der Waals surface area contributed by atoms with Crippen molar-refractivity contribution >= 4 is 23.6 Å². The van der Waals surface area contributed by atoms with Gasteiger partial charge in [-0.2, -0.15) is 13.2 Å². The molecule has 3 rings (SSSR count). The maximum atomic E-state index is 13.7. The van der Waals surface area contributed by atoms with Crippen molar-refractivity contribution in [1.82, 2.24) is 5.32 Å². The molecule has 1 atom stereocenters. The number of aliphatic hydroxyl groups excluding tert-OH is 1. The van der Waals surface area contributed by atoms with E-state index in [0.29, 0.717) is 5.56 Å². The van der Waals surface area contributed by atoms with Crippen LogP contribution in [0.15, 0.2) is 17.1 Å². The number of nitrogens with one attached hydrogen (secondary N) is 1. The van der Waals surface area contributed by atoms with Gasteiger partial charge < -0.3 is 10.4 Å². The molecule has 0 bridgehead atoms. The van der Waals surface area contributed by atoms with Crippen LogP contribution in [0.5, 0.6) is 0 Å². The van der Waals surface area contributed by atoms with E-state index in [4.69, 9.17) is 11.6 Å². The molecule has 116 valence electrons. The lowest BCUT2D eigenvalue weighted by Gasteiger charge is -2.35. The van der Waals surface area contributed by atoms with Gasteiger partial charge in [-0.3, -0.25) is 0 Å². The Bertz CT molecular complexity index is 701. The monoisotopic (exact) mass is 328 g/mol. The van der Waals surface area contributed by atoms with E-state index in [9.17, 15) is 18.3 Å². The quantitative estimate of drug-likeness (QED) is 0.777. The molecule has 0 spiro atoms. The molecule has 0 unspecified atom stereocenters. The highest BCUT2D eigenvalue weighted by molar-refractivity contribution is 6.31. The lowest BCUT2D eigenvalue weighted by atomic mass is 9.86. The highest BCUT2D eigenvalue weighted by atomic mass is 35.5. The fraction of sp³-hybridized carbons (Fsp3) is 0.400. The van der Waals surface area contributed by atoms with E-state index in [1.807, 2.05) is 0 Å². The summed E-state index contributed by atoms with van der Waals surface area (Å²) < 4.78 is 41.2. The Morgan fingerprint density at radius 3 is 2.73 bits per heavy atom. The minimum absolute atomic E-state index is 0.0236. The third-order valence-corrected chi connectivity index (χ3v) is 4.04. The first-order chi connectivity index (χ1) is 10.4. The molecular formula is C15H12ClF3N2O. The molecule has 0 amide bonds. The van der Waals surface area contributed by atoms with Gasteiger partial charge in [0.2, 0.25) is 5.54 Å². The van der Waals surface area contributed by atoms with Crippen LogP contribution in [0.4, 0.5) is 18.9 Å². The highest BCUT2D eigenvalue weighted by Gasteiger charge is 2.57. The Morgan fingerprint density at radius 2 is 2.14 bits per heavy atom. The third-order valence-electron chi connectivity index (χ3n) is 3.69. The summed E-state index contributed by atoms with van der Waals surface area (Å²) in [6, 6.07) is 2.54. The number of hydrogen-bond acceptors (Lipinski definition) is 3. The van der Waals surface area contributed by atoms with Crippen molar-refractivity contribution in [3.05, 3.63) is 28.3 Å². The van der Waals surface area contributed by atoms with Gasteiger partial charge in [0.1, 0.15) is 0 Å². The summed E-state index contributed by atoms with van der Waals surface area (Å²) in [4.78, 5) is 3.92. The lowest BCUT2D eigenvalue weighted by Crippen LogP contribution is -2.53. The van der Waals surface area contributed by atoms with Gasteiger partial charge in [0, 0.05) is 16.5 Å². The number of nitrogens with zero attached hydrogens (tertiary/aromatic N) is 1. The van der Waals surface area contributed by atoms with E-state index >= 15 is 0 Å². The van der Waals surface area contributed by atoms with Crippen LogP contribution in [-0.4, -0.2) is 17.6 Å². The van der Waals surface area contributed by atoms with Gasteiger partial charge in [-0.25, -0.2) is 4.99 Å². The summed E-state index contributed by atoms with van der Waals surface area (Å²) in [6.07, 6.45) is -2.00. The van der Waals surface area contributed by atoms with E-state index in [0.717, 1.165) is 19.2 Å². The maximum Gasteiger partial charge on any atom is 0.427 e. The molecule has 1 aromatic carbocycles. The number of fused-ring (bicyclic) bond motifs is 1. The van der Waals surface area contributed by atoms with Crippen molar-refractivity contribution in [1.29, 1.82) is 0 Å². The maximum absolute atomic E-state index is 13.7. The van der Waals surface area contributed by atoms with Crippen molar-refractivity contribution in [3.63, 3.8) is 0 Å². The summed E-state index contributed by atoms with van der Waals surface area (Å²) in [5.41, 5.74) is -2.23. The fourth-order valence-corrected chi connectivity index (χ4v) is 2.48. The minimum Gasteiger partial charge on any atom is -0.392 e. The third kappa shape index (κ3) is 2.44. The molecule has 1 heterocycles. The molecule has 22 heavy (non-hydrogen) atoms. The molecule has 2 N–H and O–H groups in total. The van der Waals surface area contributed by atoms with Gasteiger partial charge in [0.25, 0.3) is 0 Å². The molecule has 2 aliphatic rings. The van der Waals surface area contributed by atoms with Crippen molar-refractivity contribution < 1.29 is 18.3 Å². The molecule has 1 aromatic rings. The topological polar surface area (TPSA) is 44.6 Å². The molecule has 1 fully saturated rings. The van der Waals surface area contributed by atoms with Crippen LogP contribution < -0.4 is 5.32 Å².